The number of Topliss-reactive ketones (excluding diaryl/α,β-unsaturated/α-hetero) is 1. The van der Waals surface area contributed by atoms with Crippen LogP contribution in [0.5, 0.6) is 5.75 Å². The minimum Gasteiger partial charge on any atom is -0.494 e. The molecule has 0 saturated carbocycles. The summed E-state index contributed by atoms with van der Waals surface area (Å²) in [4.78, 5) is 34.5. The first kappa shape index (κ1) is 21.8. The van der Waals surface area contributed by atoms with Crippen LogP contribution in [0.15, 0.2) is 47.9 Å². The molecule has 4 aromatic rings. The molecule has 0 N–H and O–H groups in total. The summed E-state index contributed by atoms with van der Waals surface area (Å²) in [6, 6.07) is 7.41. The molecule has 1 aromatic carbocycles. The van der Waals surface area contributed by atoms with E-state index in [1.807, 2.05) is 16.7 Å². The van der Waals surface area contributed by atoms with E-state index < -0.39 is 11.8 Å². The molecule has 0 aliphatic carbocycles. The van der Waals surface area contributed by atoms with Crippen LogP contribution in [0.4, 0.5) is 0 Å². The molecular formula is C21H18ClN5O4S. The maximum atomic E-state index is 12.8. The predicted octanol–water partition coefficient (Wildman–Crippen LogP) is 3.69. The van der Waals surface area contributed by atoms with Gasteiger partial charge in [0.1, 0.15) is 17.9 Å². The Balaban J connectivity index is 1.91. The second-order valence-corrected chi connectivity index (χ2v) is 8.13. The topological polar surface area (TPSA) is 101 Å². The summed E-state index contributed by atoms with van der Waals surface area (Å²) in [6.07, 6.45) is 4.62. The average Bonchev–Trinajstić information content (AvgIpc) is 3.41. The van der Waals surface area contributed by atoms with Crippen LogP contribution in [0.1, 0.15) is 16.2 Å². The molecule has 11 heteroatoms. The fourth-order valence-corrected chi connectivity index (χ4v) is 4.16. The third-order valence-corrected chi connectivity index (χ3v) is 5.95. The number of thioether (sulfide) groups is 1. The average molecular weight is 472 g/mol. The first-order valence-electron chi connectivity index (χ1n) is 9.38. The molecule has 0 saturated heterocycles. The number of hydrogen-bond donors (Lipinski definition) is 0. The van der Waals surface area contributed by atoms with Crippen molar-refractivity contribution in [1.29, 1.82) is 0 Å². The lowest BCUT2D eigenvalue weighted by molar-refractivity contribution is -0.135. The van der Waals surface area contributed by atoms with Gasteiger partial charge in [0.2, 0.25) is 0 Å². The van der Waals surface area contributed by atoms with Crippen molar-refractivity contribution in [3.63, 3.8) is 0 Å². The van der Waals surface area contributed by atoms with Crippen LogP contribution in [0.3, 0.4) is 0 Å². The summed E-state index contributed by atoms with van der Waals surface area (Å²) >= 11 is 7.50. The number of benzene rings is 1. The monoisotopic (exact) mass is 471 g/mol. The predicted molar refractivity (Wildman–Crippen MR) is 120 cm³/mol. The number of methoxy groups -OCH3 is 2. The van der Waals surface area contributed by atoms with E-state index in [-0.39, 0.29) is 5.56 Å². The Kier molecular flexibility index (Phi) is 6.15. The molecule has 4 rings (SSSR count). The van der Waals surface area contributed by atoms with Gasteiger partial charge in [-0.3, -0.25) is 4.79 Å². The highest BCUT2D eigenvalue weighted by atomic mass is 35.5. The van der Waals surface area contributed by atoms with Crippen LogP contribution < -0.4 is 4.74 Å². The quantitative estimate of drug-likeness (QED) is 0.174. The summed E-state index contributed by atoms with van der Waals surface area (Å²) in [7, 11) is 2.64. The third kappa shape index (κ3) is 4.06. The number of hydrogen-bond acceptors (Lipinski definition) is 8. The van der Waals surface area contributed by atoms with Crippen molar-refractivity contribution < 1.29 is 19.1 Å². The van der Waals surface area contributed by atoms with Crippen LogP contribution in [-0.4, -0.2) is 50.3 Å². The Bertz CT molecular complexity index is 1320. The summed E-state index contributed by atoms with van der Waals surface area (Å²) in [6.45, 7) is 1.76. The standard InChI is InChI=1S/C21H18ClN5O4S/c1-12-24-10-27(25-12)20-18-17(16(30-2)8-23-20)15(19(28)21(29)31-3)9-26(18)11-32-14-6-4-13(22)5-7-14/h4-10H,11H2,1-3H3. The van der Waals surface area contributed by atoms with Crippen molar-refractivity contribution in [2.75, 3.05) is 14.2 Å². The zero-order chi connectivity index (χ0) is 22.8. The van der Waals surface area contributed by atoms with E-state index in [0.717, 1.165) is 12.0 Å². The van der Waals surface area contributed by atoms with Gasteiger partial charge in [-0.2, -0.15) is 5.10 Å². The SMILES string of the molecule is COC(=O)C(=O)c1cn(CSc2ccc(Cl)cc2)c2c(-n3cnc(C)n3)ncc(OC)c12. The molecule has 0 atom stereocenters. The van der Waals surface area contributed by atoms with E-state index in [1.165, 1.54) is 36.1 Å². The first-order chi connectivity index (χ1) is 15.4. The molecule has 0 radical (unpaired) electrons. The molecule has 0 unspecified atom stereocenters. The zero-order valence-electron chi connectivity index (χ0n) is 17.4. The number of aromatic nitrogens is 5. The summed E-state index contributed by atoms with van der Waals surface area (Å²) < 4.78 is 13.5. The molecule has 0 aliphatic heterocycles. The molecule has 9 nitrogen and oxygen atoms in total. The number of fused-ring (bicyclic) bond motifs is 1. The Morgan fingerprint density at radius 2 is 1.91 bits per heavy atom. The number of esters is 1. The highest BCUT2D eigenvalue weighted by Crippen LogP contribution is 2.35. The lowest BCUT2D eigenvalue weighted by Crippen LogP contribution is -2.15. The largest absolute Gasteiger partial charge is 0.494 e. The molecule has 0 aliphatic rings. The normalized spacial score (nSPS) is 11.0. The van der Waals surface area contributed by atoms with Gasteiger partial charge in [-0.15, -0.1) is 11.8 Å². The summed E-state index contributed by atoms with van der Waals surface area (Å²) in [5, 5.41) is 5.44. The third-order valence-electron chi connectivity index (χ3n) is 4.68. The van der Waals surface area contributed by atoms with Crippen molar-refractivity contribution in [3.8, 4) is 11.6 Å². The number of aryl methyl sites for hydroxylation is 1. The number of ether oxygens (including phenoxy) is 2. The Hall–Kier alpha value is -3.37. The highest BCUT2D eigenvalue weighted by Gasteiger charge is 2.27. The number of pyridine rings is 1. The molecule has 0 fully saturated rings. The number of carbonyl (C=O) groups excluding carboxylic acids is 2. The van der Waals surface area contributed by atoms with Gasteiger partial charge in [-0.1, -0.05) is 11.6 Å². The van der Waals surface area contributed by atoms with E-state index in [1.54, 1.807) is 25.3 Å². The van der Waals surface area contributed by atoms with Gasteiger partial charge in [0.25, 0.3) is 5.78 Å². The van der Waals surface area contributed by atoms with Gasteiger partial charge < -0.3 is 14.0 Å². The molecule has 0 spiro atoms. The molecule has 164 valence electrons. The van der Waals surface area contributed by atoms with Crippen LogP contribution in [0.2, 0.25) is 5.02 Å². The fourth-order valence-electron chi connectivity index (χ4n) is 3.21. The Morgan fingerprint density at radius 3 is 2.53 bits per heavy atom. The van der Waals surface area contributed by atoms with Crippen molar-refractivity contribution in [2.24, 2.45) is 0 Å². The maximum absolute atomic E-state index is 12.8. The number of rotatable bonds is 7. The first-order valence-corrected chi connectivity index (χ1v) is 10.7. The zero-order valence-corrected chi connectivity index (χ0v) is 19.0. The molecule has 3 aromatic heterocycles. The van der Waals surface area contributed by atoms with Gasteiger partial charge in [0.05, 0.1) is 42.8 Å². The van der Waals surface area contributed by atoms with E-state index in [9.17, 15) is 9.59 Å². The van der Waals surface area contributed by atoms with E-state index in [0.29, 0.717) is 39.2 Å². The van der Waals surface area contributed by atoms with Crippen LogP contribution in [0.25, 0.3) is 16.7 Å². The minimum absolute atomic E-state index is 0.154. The van der Waals surface area contributed by atoms with Gasteiger partial charge in [0, 0.05) is 16.1 Å². The lowest BCUT2D eigenvalue weighted by Gasteiger charge is -2.11. The van der Waals surface area contributed by atoms with Crippen molar-refractivity contribution in [2.45, 2.75) is 17.7 Å². The molecule has 0 amide bonds. The van der Waals surface area contributed by atoms with Crippen LogP contribution in [-0.2, 0) is 15.4 Å². The van der Waals surface area contributed by atoms with Gasteiger partial charge in [-0.25, -0.2) is 19.4 Å². The Labute approximate surface area is 192 Å². The minimum atomic E-state index is -0.966. The number of halogens is 1. The van der Waals surface area contributed by atoms with Gasteiger partial charge in [0.15, 0.2) is 5.82 Å². The fraction of sp³-hybridized carbons (Fsp3) is 0.190. The second kappa shape index (κ2) is 9.01. The smallest absolute Gasteiger partial charge is 0.379 e. The summed E-state index contributed by atoms with van der Waals surface area (Å²) in [5.74, 6) is 0.0343. The summed E-state index contributed by atoms with van der Waals surface area (Å²) in [5.41, 5.74) is 0.726. The Morgan fingerprint density at radius 1 is 1.16 bits per heavy atom. The van der Waals surface area contributed by atoms with Crippen LogP contribution >= 0.6 is 23.4 Å². The van der Waals surface area contributed by atoms with Crippen molar-refractivity contribution >= 4 is 46.0 Å². The second-order valence-electron chi connectivity index (χ2n) is 6.67. The molecule has 32 heavy (non-hydrogen) atoms. The van der Waals surface area contributed by atoms with Gasteiger partial charge in [-0.05, 0) is 31.2 Å². The maximum Gasteiger partial charge on any atom is 0.379 e. The molecular weight excluding hydrogens is 454 g/mol. The van der Waals surface area contributed by atoms with E-state index in [2.05, 4.69) is 19.8 Å². The van der Waals surface area contributed by atoms with Crippen molar-refractivity contribution in [1.82, 2.24) is 24.3 Å². The van der Waals surface area contributed by atoms with E-state index in [4.69, 9.17) is 16.3 Å². The van der Waals surface area contributed by atoms with Crippen molar-refractivity contribution in [3.05, 3.63) is 59.4 Å². The van der Waals surface area contributed by atoms with Crippen LogP contribution in [0, 0.1) is 6.92 Å². The number of ketones is 1. The molecule has 0 bridgehead atoms. The number of carbonyl (C=O) groups is 2. The molecule has 3 heterocycles. The highest BCUT2D eigenvalue weighted by molar-refractivity contribution is 7.98. The number of nitrogens with zero attached hydrogens (tertiary/aromatic N) is 5. The lowest BCUT2D eigenvalue weighted by atomic mass is 10.1. The van der Waals surface area contributed by atoms with E-state index >= 15 is 0 Å². The van der Waals surface area contributed by atoms with Gasteiger partial charge >= 0.3 is 5.97 Å².